The Balaban J connectivity index is 1.91. The fourth-order valence-corrected chi connectivity index (χ4v) is 4.04. The second-order valence-corrected chi connectivity index (χ2v) is 8.91. The van der Waals surface area contributed by atoms with E-state index in [4.69, 9.17) is 9.47 Å². The van der Waals surface area contributed by atoms with Crippen molar-refractivity contribution in [2.75, 3.05) is 19.5 Å². The van der Waals surface area contributed by atoms with Gasteiger partial charge in [-0.1, -0.05) is 51.8 Å². The van der Waals surface area contributed by atoms with Crippen molar-refractivity contribution in [3.05, 3.63) is 59.8 Å². The lowest BCUT2D eigenvalue weighted by atomic mass is 9.79. The molecule has 1 N–H and O–H groups in total. The summed E-state index contributed by atoms with van der Waals surface area (Å²) >= 11 is 0. The van der Waals surface area contributed by atoms with Crippen molar-refractivity contribution in [3.8, 4) is 11.5 Å². The standard InChI is InChI=1S/C27H34N2O3/c1-7-8-13-27(3,4)20-15-23(31-5)25(24(16-20)32-6)18(2)26(30)29-21-14-19-11-9-10-12-22(19)28-17-21/h9-12,14-18H,7-8,13H2,1-6H3,(H,29,30). The molecule has 3 aromatic rings. The van der Waals surface area contributed by atoms with Gasteiger partial charge in [0.25, 0.3) is 0 Å². The third kappa shape index (κ3) is 5.04. The van der Waals surface area contributed by atoms with E-state index in [1.54, 1.807) is 20.4 Å². The second kappa shape index (κ2) is 10.0. The van der Waals surface area contributed by atoms with Crippen LogP contribution in [0.1, 0.15) is 64.0 Å². The number of carbonyl (C=O) groups excluding carboxylic acids is 1. The van der Waals surface area contributed by atoms with Crippen molar-refractivity contribution in [2.24, 2.45) is 0 Å². The molecule has 0 fully saturated rings. The summed E-state index contributed by atoms with van der Waals surface area (Å²) in [7, 11) is 3.28. The van der Waals surface area contributed by atoms with Crippen molar-refractivity contribution in [3.63, 3.8) is 0 Å². The highest BCUT2D eigenvalue weighted by Crippen LogP contribution is 2.41. The average Bonchev–Trinajstić information content (AvgIpc) is 2.81. The first-order valence-corrected chi connectivity index (χ1v) is 11.2. The molecule has 3 rings (SSSR count). The molecule has 170 valence electrons. The molecule has 1 aromatic heterocycles. The van der Waals surface area contributed by atoms with Gasteiger partial charge in [0.15, 0.2) is 0 Å². The Labute approximate surface area is 191 Å². The summed E-state index contributed by atoms with van der Waals surface area (Å²) in [6.45, 7) is 8.54. The molecule has 1 amide bonds. The lowest BCUT2D eigenvalue weighted by Gasteiger charge is -2.28. The zero-order chi connectivity index (χ0) is 23.3. The van der Waals surface area contributed by atoms with Gasteiger partial charge in [-0.25, -0.2) is 0 Å². The number of amides is 1. The van der Waals surface area contributed by atoms with Gasteiger partial charge in [-0.15, -0.1) is 0 Å². The Morgan fingerprint density at radius 3 is 2.38 bits per heavy atom. The summed E-state index contributed by atoms with van der Waals surface area (Å²) in [4.78, 5) is 17.6. The van der Waals surface area contributed by atoms with Crippen molar-refractivity contribution in [2.45, 2.75) is 58.3 Å². The zero-order valence-corrected chi connectivity index (χ0v) is 20.0. The van der Waals surface area contributed by atoms with Gasteiger partial charge in [0.05, 0.1) is 37.5 Å². The summed E-state index contributed by atoms with van der Waals surface area (Å²) in [5.41, 5.74) is 3.43. The number of methoxy groups -OCH3 is 2. The molecule has 0 bridgehead atoms. The van der Waals surface area contributed by atoms with Crippen LogP contribution in [0.5, 0.6) is 11.5 Å². The van der Waals surface area contributed by atoms with E-state index >= 15 is 0 Å². The minimum absolute atomic E-state index is 0.0165. The maximum Gasteiger partial charge on any atom is 0.231 e. The monoisotopic (exact) mass is 434 g/mol. The minimum Gasteiger partial charge on any atom is -0.496 e. The minimum atomic E-state index is -0.473. The van der Waals surface area contributed by atoms with Crippen LogP contribution in [-0.4, -0.2) is 25.1 Å². The molecule has 1 unspecified atom stereocenters. The van der Waals surface area contributed by atoms with E-state index < -0.39 is 5.92 Å². The van der Waals surface area contributed by atoms with Crippen LogP contribution in [0.3, 0.4) is 0 Å². The summed E-state index contributed by atoms with van der Waals surface area (Å²) in [6, 6.07) is 13.9. The highest BCUT2D eigenvalue weighted by molar-refractivity contribution is 5.97. The van der Waals surface area contributed by atoms with Crippen molar-refractivity contribution in [1.82, 2.24) is 4.98 Å². The number of rotatable bonds is 9. The van der Waals surface area contributed by atoms with E-state index in [-0.39, 0.29) is 11.3 Å². The number of fused-ring (bicyclic) bond motifs is 1. The second-order valence-electron chi connectivity index (χ2n) is 8.91. The zero-order valence-electron chi connectivity index (χ0n) is 20.0. The van der Waals surface area contributed by atoms with Crippen LogP contribution in [0.25, 0.3) is 10.9 Å². The molecule has 1 heterocycles. The van der Waals surface area contributed by atoms with Crippen molar-refractivity contribution < 1.29 is 14.3 Å². The SMILES string of the molecule is CCCCC(C)(C)c1cc(OC)c(C(C)C(=O)Nc2cnc3ccccc3c2)c(OC)c1. The normalized spacial score (nSPS) is 12.4. The number of hydrogen-bond acceptors (Lipinski definition) is 4. The molecule has 0 spiro atoms. The van der Waals surface area contributed by atoms with Crippen LogP contribution in [0.2, 0.25) is 0 Å². The number of hydrogen-bond donors (Lipinski definition) is 1. The smallest absolute Gasteiger partial charge is 0.231 e. The molecule has 0 aliphatic heterocycles. The van der Waals surface area contributed by atoms with Crippen LogP contribution in [0, 0.1) is 0 Å². The lowest BCUT2D eigenvalue weighted by Crippen LogP contribution is -2.21. The lowest BCUT2D eigenvalue weighted by molar-refractivity contribution is -0.117. The van der Waals surface area contributed by atoms with Gasteiger partial charge >= 0.3 is 0 Å². The third-order valence-corrected chi connectivity index (χ3v) is 6.17. The number of para-hydroxylation sites is 1. The molecule has 0 aliphatic carbocycles. The van der Waals surface area contributed by atoms with E-state index in [1.165, 1.54) is 0 Å². The van der Waals surface area contributed by atoms with Gasteiger partial charge in [0.2, 0.25) is 5.91 Å². The van der Waals surface area contributed by atoms with E-state index in [0.717, 1.165) is 41.3 Å². The molecule has 0 radical (unpaired) electrons. The fourth-order valence-electron chi connectivity index (χ4n) is 4.04. The number of ether oxygens (including phenoxy) is 2. The average molecular weight is 435 g/mol. The first-order chi connectivity index (χ1) is 15.3. The van der Waals surface area contributed by atoms with Gasteiger partial charge in [-0.2, -0.15) is 0 Å². The summed E-state index contributed by atoms with van der Waals surface area (Å²) in [5, 5.41) is 3.97. The molecule has 32 heavy (non-hydrogen) atoms. The fraction of sp³-hybridized carbons (Fsp3) is 0.407. The maximum atomic E-state index is 13.2. The predicted molar refractivity (Wildman–Crippen MR) is 131 cm³/mol. The van der Waals surface area contributed by atoms with Crippen LogP contribution in [-0.2, 0) is 10.2 Å². The molecule has 2 aromatic carbocycles. The summed E-state index contributed by atoms with van der Waals surface area (Å²) in [5.74, 6) is 0.724. The maximum absolute atomic E-state index is 13.2. The number of nitrogens with zero attached hydrogens (tertiary/aromatic N) is 1. The van der Waals surface area contributed by atoms with E-state index in [0.29, 0.717) is 17.2 Å². The Kier molecular flexibility index (Phi) is 7.39. The molecule has 0 saturated carbocycles. The molecule has 1 atom stereocenters. The molecule has 5 nitrogen and oxygen atoms in total. The number of carbonyl (C=O) groups is 1. The molecule has 0 saturated heterocycles. The molecule has 5 heteroatoms. The topological polar surface area (TPSA) is 60.5 Å². The number of aromatic nitrogens is 1. The molecular weight excluding hydrogens is 400 g/mol. The molecular formula is C27H34N2O3. The Morgan fingerprint density at radius 1 is 1.09 bits per heavy atom. The predicted octanol–water partition coefficient (Wildman–Crippen LogP) is 6.46. The van der Waals surface area contributed by atoms with Crippen molar-refractivity contribution >= 4 is 22.5 Å². The quantitative estimate of drug-likeness (QED) is 0.420. The van der Waals surface area contributed by atoms with Gasteiger partial charge in [-0.05, 0) is 48.6 Å². The number of unbranched alkanes of at least 4 members (excludes halogenated alkanes) is 1. The van der Waals surface area contributed by atoms with E-state index in [2.05, 4.69) is 43.2 Å². The number of benzene rings is 2. The van der Waals surface area contributed by atoms with Gasteiger partial charge in [-0.3, -0.25) is 9.78 Å². The van der Waals surface area contributed by atoms with Crippen LogP contribution in [0.15, 0.2) is 48.7 Å². The number of nitrogens with one attached hydrogen (secondary N) is 1. The van der Waals surface area contributed by atoms with Crippen LogP contribution in [0.4, 0.5) is 5.69 Å². The van der Waals surface area contributed by atoms with Gasteiger partial charge in [0.1, 0.15) is 11.5 Å². The first-order valence-electron chi connectivity index (χ1n) is 11.2. The largest absolute Gasteiger partial charge is 0.496 e. The summed E-state index contributed by atoms with van der Waals surface area (Å²) in [6.07, 6.45) is 5.05. The highest BCUT2D eigenvalue weighted by Gasteiger charge is 2.28. The van der Waals surface area contributed by atoms with E-state index in [1.807, 2.05) is 37.3 Å². The Morgan fingerprint density at radius 2 is 1.75 bits per heavy atom. The van der Waals surface area contributed by atoms with Crippen LogP contribution < -0.4 is 14.8 Å². The first kappa shape index (κ1) is 23.6. The number of pyridine rings is 1. The Hall–Kier alpha value is -3.08. The van der Waals surface area contributed by atoms with Crippen LogP contribution >= 0.6 is 0 Å². The van der Waals surface area contributed by atoms with E-state index in [9.17, 15) is 4.79 Å². The van der Waals surface area contributed by atoms with Crippen molar-refractivity contribution in [1.29, 1.82) is 0 Å². The van der Waals surface area contributed by atoms with Gasteiger partial charge < -0.3 is 14.8 Å². The summed E-state index contributed by atoms with van der Waals surface area (Å²) < 4.78 is 11.5. The highest BCUT2D eigenvalue weighted by atomic mass is 16.5. The molecule has 0 aliphatic rings. The third-order valence-electron chi connectivity index (χ3n) is 6.17. The number of anilines is 1. The Bertz CT molecular complexity index is 1070. The van der Waals surface area contributed by atoms with Gasteiger partial charge in [0, 0.05) is 10.9 Å².